The monoisotopic (exact) mass is 332 g/mol. The van der Waals surface area contributed by atoms with Crippen molar-refractivity contribution in [2.45, 2.75) is 25.9 Å². The number of nitrogens with zero attached hydrogens (tertiary/aromatic N) is 1. The highest BCUT2D eigenvalue weighted by molar-refractivity contribution is 9.10. The molecule has 20 heavy (non-hydrogen) atoms. The van der Waals surface area contributed by atoms with Crippen molar-refractivity contribution in [1.82, 2.24) is 0 Å². The molecule has 0 saturated carbocycles. The van der Waals surface area contributed by atoms with Gasteiger partial charge in [0.15, 0.2) is 0 Å². The van der Waals surface area contributed by atoms with Crippen LogP contribution in [0.4, 0.5) is 5.69 Å². The van der Waals surface area contributed by atoms with E-state index in [-0.39, 0.29) is 6.04 Å². The summed E-state index contributed by atoms with van der Waals surface area (Å²) in [4.78, 5) is 2.25. The number of halogens is 1. The summed E-state index contributed by atoms with van der Waals surface area (Å²) in [5.41, 5.74) is 9.91. The Bertz CT molecular complexity index is 568. The van der Waals surface area contributed by atoms with Gasteiger partial charge in [-0.15, -0.1) is 0 Å². The van der Waals surface area contributed by atoms with Crippen LogP contribution in [0.1, 0.15) is 30.5 Å². The average Bonchev–Trinajstić information content (AvgIpc) is 2.48. The van der Waals surface area contributed by atoms with Crippen molar-refractivity contribution >= 4 is 21.6 Å². The van der Waals surface area contributed by atoms with Gasteiger partial charge in [0.05, 0.1) is 0 Å². The lowest BCUT2D eigenvalue weighted by Crippen LogP contribution is -2.21. The van der Waals surface area contributed by atoms with Gasteiger partial charge in [0, 0.05) is 29.8 Å². The maximum absolute atomic E-state index is 6.22. The maximum Gasteiger partial charge on any atom is 0.0437 e. The minimum Gasteiger partial charge on any atom is -0.370 e. The van der Waals surface area contributed by atoms with Gasteiger partial charge in [0.2, 0.25) is 0 Å². The van der Waals surface area contributed by atoms with E-state index in [4.69, 9.17) is 5.73 Å². The Morgan fingerprint density at radius 1 is 1.10 bits per heavy atom. The molecule has 0 heterocycles. The third-order valence-electron chi connectivity index (χ3n) is 3.55. The van der Waals surface area contributed by atoms with Gasteiger partial charge in [-0.05, 0) is 29.7 Å². The smallest absolute Gasteiger partial charge is 0.0437 e. The normalized spacial score (nSPS) is 12.2. The average molecular weight is 333 g/mol. The lowest BCUT2D eigenvalue weighted by atomic mass is 10.0. The molecule has 0 bridgehead atoms. The zero-order valence-electron chi connectivity index (χ0n) is 12.0. The van der Waals surface area contributed by atoms with Crippen molar-refractivity contribution in [3.8, 4) is 0 Å². The van der Waals surface area contributed by atoms with E-state index in [1.807, 2.05) is 6.07 Å². The Balaban J connectivity index is 2.26. The molecule has 1 unspecified atom stereocenters. The highest BCUT2D eigenvalue weighted by Gasteiger charge is 2.13. The van der Waals surface area contributed by atoms with Gasteiger partial charge < -0.3 is 10.6 Å². The van der Waals surface area contributed by atoms with Gasteiger partial charge in [0.1, 0.15) is 0 Å². The second-order valence-corrected chi connectivity index (χ2v) is 5.88. The molecule has 0 spiro atoms. The first-order chi connectivity index (χ1) is 9.63. The summed E-state index contributed by atoms with van der Waals surface area (Å²) < 4.78 is 1.14. The molecule has 1 atom stereocenters. The Kier molecular flexibility index (Phi) is 5.21. The fourth-order valence-corrected chi connectivity index (χ4v) is 2.75. The summed E-state index contributed by atoms with van der Waals surface area (Å²) in [7, 11) is 2.11. The van der Waals surface area contributed by atoms with E-state index in [9.17, 15) is 0 Å². The van der Waals surface area contributed by atoms with E-state index in [1.54, 1.807) is 0 Å². The molecular formula is C17H21BrN2. The minimum atomic E-state index is 0.0906. The summed E-state index contributed by atoms with van der Waals surface area (Å²) in [6.07, 6.45) is 0.944. The first-order valence-electron chi connectivity index (χ1n) is 6.92. The number of rotatable bonds is 5. The molecule has 0 aromatic heterocycles. The predicted molar refractivity (Wildman–Crippen MR) is 89.9 cm³/mol. The van der Waals surface area contributed by atoms with E-state index < -0.39 is 0 Å². The third-order valence-corrected chi connectivity index (χ3v) is 4.33. The number of para-hydroxylation sites is 1. The highest BCUT2D eigenvalue weighted by Crippen LogP contribution is 2.28. The van der Waals surface area contributed by atoms with Crippen LogP contribution >= 0.6 is 15.9 Å². The summed E-state index contributed by atoms with van der Waals surface area (Å²) in [5, 5.41) is 0. The third kappa shape index (κ3) is 3.41. The quantitative estimate of drug-likeness (QED) is 0.873. The van der Waals surface area contributed by atoms with Crippen molar-refractivity contribution in [3.05, 3.63) is 64.1 Å². The zero-order chi connectivity index (χ0) is 14.5. The van der Waals surface area contributed by atoms with Gasteiger partial charge in [-0.3, -0.25) is 0 Å². The number of hydrogen-bond acceptors (Lipinski definition) is 2. The molecule has 0 fully saturated rings. The number of nitrogens with two attached hydrogens (primary N) is 1. The molecule has 0 saturated heterocycles. The van der Waals surface area contributed by atoms with Crippen LogP contribution in [0, 0.1) is 0 Å². The largest absolute Gasteiger partial charge is 0.370 e. The summed E-state index contributed by atoms with van der Waals surface area (Å²) in [6, 6.07) is 16.8. The second-order valence-electron chi connectivity index (χ2n) is 5.02. The summed E-state index contributed by atoms with van der Waals surface area (Å²) in [5.74, 6) is 0. The molecule has 0 aliphatic carbocycles. The van der Waals surface area contributed by atoms with E-state index in [2.05, 4.69) is 77.3 Å². The first-order valence-corrected chi connectivity index (χ1v) is 7.71. The molecule has 3 heteroatoms. The molecule has 0 aliphatic rings. The molecular weight excluding hydrogens is 312 g/mol. The maximum atomic E-state index is 6.22. The Morgan fingerprint density at radius 3 is 2.45 bits per heavy atom. The SMILES string of the molecule is CCC(N)c1ccccc1N(C)Cc1ccccc1Br. The van der Waals surface area contributed by atoms with Crippen LogP contribution in [0.5, 0.6) is 0 Å². The Hall–Kier alpha value is -1.32. The molecule has 2 aromatic carbocycles. The van der Waals surface area contributed by atoms with Crippen LogP contribution < -0.4 is 10.6 Å². The second kappa shape index (κ2) is 6.91. The summed E-state index contributed by atoms with van der Waals surface area (Å²) in [6.45, 7) is 2.98. The van der Waals surface area contributed by atoms with Crippen LogP contribution in [-0.2, 0) is 6.54 Å². The lowest BCUT2D eigenvalue weighted by Gasteiger charge is -2.25. The molecule has 106 valence electrons. The van der Waals surface area contributed by atoms with Gasteiger partial charge in [-0.25, -0.2) is 0 Å². The van der Waals surface area contributed by atoms with Crippen LogP contribution in [0.15, 0.2) is 53.0 Å². The van der Waals surface area contributed by atoms with Gasteiger partial charge >= 0.3 is 0 Å². The standard InChI is InChI=1S/C17H21BrN2/c1-3-16(19)14-9-5-7-11-17(14)20(2)12-13-8-4-6-10-15(13)18/h4-11,16H,3,12,19H2,1-2H3. The molecule has 0 aliphatic heterocycles. The van der Waals surface area contributed by atoms with E-state index in [1.165, 1.54) is 16.8 Å². The molecule has 0 amide bonds. The molecule has 2 rings (SSSR count). The molecule has 2 aromatic rings. The predicted octanol–water partition coefficient (Wildman–Crippen LogP) is 4.50. The van der Waals surface area contributed by atoms with Gasteiger partial charge in [-0.2, -0.15) is 0 Å². The molecule has 2 nitrogen and oxygen atoms in total. The minimum absolute atomic E-state index is 0.0906. The number of hydrogen-bond donors (Lipinski definition) is 1. The van der Waals surface area contributed by atoms with E-state index >= 15 is 0 Å². The zero-order valence-corrected chi connectivity index (χ0v) is 13.6. The van der Waals surface area contributed by atoms with Crippen molar-refractivity contribution in [3.63, 3.8) is 0 Å². The highest BCUT2D eigenvalue weighted by atomic mass is 79.9. The van der Waals surface area contributed by atoms with Crippen LogP contribution in [0.3, 0.4) is 0 Å². The Labute approximate surface area is 129 Å². The van der Waals surface area contributed by atoms with Crippen molar-refractivity contribution < 1.29 is 0 Å². The number of anilines is 1. The van der Waals surface area contributed by atoms with Crippen LogP contribution in [0.2, 0.25) is 0 Å². The topological polar surface area (TPSA) is 29.3 Å². The summed E-state index contributed by atoms with van der Waals surface area (Å²) >= 11 is 3.61. The van der Waals surface area contributed by atoms with Crippen molar-refractivity contribution in [2.24, 2.45) is 5.73 Å². The first kappa shape index (κ1) is 15.1. The van der Waals surface area contributed by atoms with Crippen LogP contribution in [-0.4, -0.2) is 7.05 Å². The van der Waals surface area contributed by atoms with E-state index in [0.717, 1.165) is 17.4 Å². The number of benzene rings is 2. The Morgan fingerprint density at radius 2 is 1.75 bits per heavy atom. The fourth-order valence-electron chi connectivity index (χ4n) is 2.34. The van der Waals surface area contributed by atoms with Crippen molar-refractivity contribution in [2.75, 3.05) is 11.9 Å². The molecule has 0 radical (unpaired) electrons. The van der Waals surface area contributed by atoms with Crippen molar-refractivity contribution in [1.29, 1.82) is 0 Å². The van der Waals surface area contributed by atoms with E-state index in [0.29, 0.717) is 0 Å². The lowest BCUT2D eigenvalue weighted by molar-refractivity contribution is 0.694. The molecule has 2 N–H and O–H groups in total. The van der Waals surface area contributed by atoms with Gasteiger partial charge in [0.25, 0.3) is 0 Å². The van der Waals surface area contributed by atoms with Crippen LogP contribution in [0.25, 0.3) is 0 Å². The fraction of sp³-hybridized carbons (Fsp3) is 0.294. The van der Waals surface area contributed by atoms with Gasteiger partial charge in [-0.1, -0.05) is 59.3 Å².